The number of nitrogen functional groups attached to an aromatic ring is 1. The van der Waals surface area contributed by atoms with E-state index < -0.39 is 5.97 Å². The second-order valence-corrected chi connectivity index (χ2v) is 5.89. The lowest BCUT2D eigenvalue weighted by atomic mass is 9.78. The van der Waals surface area contributed by atoms with Crippen molar-refractivity contribution < 1.29 is 9.90 Å². The molecular weight excluding hydrogens is 254 g/mol. The molecule has 0 bridgehead atoms. The molecule has 2 heterocycles. The molecule has 20 heavy (non-hydrogen) atoms. The number of carbonyl (C=O) groups is 1. The molecule has 2 atom stereocenters. The first-order valence-corrected chi connectivity index (χ1v) is 7.42. The summed E-state index contributed by atoms with van der Waals surface area (Å²) < 4.78 is 0. The molecule has 0 spiro atoms. The van der Waals surface area contributed by atoms with Gasteiger partial charge in [-0.05, 0) is 37.7 Å². The molecule has 1 aromatic heterocycles. The second kappa shape index (κ2) is 5.31. The van der Waals surface area contributed by atoms with Crippen molar-refractivity contribution in [3.63, 3.8) is 0 Å². The third-order valence-electron chi connectivity index (χ3n) is 4.66. The zero-order valence-electron chi connectivity index (χ0n) is 11.6. The minimum Gasteiger partial charge on any atom is -0.478 e. The van der Waals surface area contributed by atoms with Crippen LogP contribution < -0.4 is 10.6 Å². The maximum Gasteiger partial charge on any atom is 0.337 e. The van der Waals surface area contributed by atoms with Crippen LogP contribution in [0.4, 0.5) is 11.5 Å². The van der Waals surface area contributed by atoms with Gasteiger partial charge in [0.1, 0.15) is 0 Å². The van der Waals surface area contributed by atoms with Crippen molar-refractivity contribution in [2.75, 3.05) is 17.2 Å². The minimum absolute atomic E-state index is 0.156. The minimum atomic E-state index is -0.982. The van der Waals surface area contributed by atoms with Crippen LogP contribution in [0.2, 0.25) is 0 Å². The number of pyridine rings is 1. The highest BCUT2D eigenvalue weighted by atomic mass is 16.4. The number of hydrogen-bond acceptors (Lipinski definition) is 4. The van der Waals surface area contributed by atoms with Gasteiger partial charge in [-0.1, -0.05) is 12.8 Å². The lowest BCUT2D eigenvalue weighted by Gasteiger charge is -2.45. The summed E-state index contributed by atoms with van der Waals surface area (Å²) in [6, 6.07) is 2.06. The topological polar surface area (TPSA) is 79.5 Å². The number of rotatable bonds is 2. The molecule has 5 nitrogen and oxygen atoms in total. The number of fused-ring (bicyclic) bond motifs is 1. The third-order valence-corrected chi connectivity index (χ3v) is 4.66. The molecule has 1 saturated carbocycles. The van der Waals surface area contributed by atoms with Crippen molar-refractivity contribution >= 4 is 17.5 Å². The summed E-state index contributed by atoms with van der Waals surface area (Å²) in [6.45, 7) is 0.977. The van der Waals surface area contributed by atoms with Gasteiger partial charge in [0.2, 0.25) is 0 Å². The fourth-order valence-electron chi connectivity index (χ4n) is 3.72. The summed E-state index contributed by atoms with van der Waals surface area (Å²) in [5.41, 5.74) is 6.68. The van der Waals surface area contributed by atoms with Crippen LogP contribution in [0.3, 0.4) is 0 Å². The molecule has 1 saturated heterocycles. The van der Waals surface area contributed by atoms with Crippen molar-refractivity contribution in [2.24, 2.45) is 5.92 Å². The smallest absolute Gasteiger partial charge is 0.337 e. The second-order valence-electron chi connectivity index (χ2n) is 5.89. The zero-order valence-corrected chi connectivity index (χ0v) is 11.6. The Bertz CT molecular complexity index is 516. The molecule has 0 amide bonds. The molecule has 3 N–H and O–H groups in total. The molecule has 1 aromatic rings. The summed E-state index contributed by atoms with van der Waals surface area (Å²) in [4.78, 5) is 17.6. The highest BCUT2D eigenvalue weighted by Gasteiger charge is 2.34. The van der Waals surface area contributed by atoms with Crippen LogP contribution in [0.15, 0.2) is 12.3 Å². The van der Waals surface area contributed by atoms with Crippen LogP contribution in [0.5, 0.6) is 0 Å². The largest absolute Gasteiger partial charge is 0.478 e. The standard InChI is InChI=1S/C15H21N3O2/c16-12-8-11(15(19)20)9-17-14(12)18-7-3-5-10-4-1-2-6-13(10)18/h8-10,13H,1-7,16H2,(H,19,20). The monoisotopic (exact) mass is 275 g/mol. The zero-order chi connectivity index (χ0) is 14.1. The Balaban J connectivity index is 1.89. The first-order chi connectivity index (χ1) is 9.66. The molecule has 108 valence electrons. The van der Waals surface area contributed by atoms with Crippen molar-refractivity contribution in [2.45, 2.75) is 44.6 Å². The molecule has 5 heteroatoms. The Labute approximate surface area is 118 Å². The van der Waals surface area contributed by atoms with Gasteiger partial charge >= 0.3 is 5.97 Å². The van der Waals surface area contributed by atoms with Crippen LogP contribution >= 0.6 is 0 Å². The van der Waals surface area contributed by atoms with Crippen molar-refractivity contribution in [3.8, 4) is 0 Å². The molecule has 2 fully saturated rings. The number of hydrogen-bond donors (Lipinski definition) is 2. The van der Waals surface area contributed by atoms with E-state index in [1.54, 1.807) is 0 Å². The molecule has 1 aliphatic heterocycles. The number of aromatic carboxylic acids is 1. The van der Waals surface area contributed by atoms with Crippen LogP contribution in [0.1, 0.15) is 48.9 Å². The van der Waals surface area contributed by atoms with Gasteiger partial charge in [0.15, 0.2) is 5.82 Å². The Morgan fingerprint density at radius 2 is 2.05 bits per heavy atom. The number of nitrogens with two attached hydrogens (primary N) is 1. The Kier molecular flexibility index (Phi) is 3.51. The van der Waals surface area contributed by atoms with Crippen LogP contribution in [0, 0.1) is 5.92 Å². The van der Waals surface area contributed by atoms with E-state index in [9.17, 15) is 4.79 Å². The maximum atomic E-state index is 11.0. The van der Waals surface area contributed by atoms with Crippen LogP contribution in [-0.2, 0) is 0 Å². The predicted molar refractivity (Wildman–Crippen MR) is 77.9 cm³/mol. The van der Waals surface area contributed by atoms with Gasteiger partial charge in [0, 0.05) is 18.8 Å². The molecule has 2 unspecified atom stereocenters. The van der Waals surface area contributed by atoms with E-state index in [0.717, 1.165) is 18.3 Å². The summed E-state index contributed by atoms with van der Waals surface area (Å²) >= 11 is 0. The van der Waals surface area contributed by atoms with Crippen LogP contribution in [-0.4, -0.2) is 28.6 Å². The number of carboxylic acids is 1. The van der Waals surface area contributed by atoms with E-state index in [4.69, 9.17) is 10.8 Å². The Morgan fingerprint density at radius 3 is 2.80 bits per heavy atom. The van der Waals surface area contributed by atoms with Crippen LogP contribution in [0.25, 0.3) is 0 Å². The van der Waals surface area contributed by atoms with Gasteiger partial charge in [0.05, 0.1) is 11.3 Å². The van der Waals surface area contributed by atoms with Crippen molar-refractivity contribution in [1.29, 1.82) is 0 Å². The van der Waals surface area contributed by atoms with Gasteiger partial charge < -0.3 is 15.7 Å². The molecule has 0 aromatic carbocycles. The highest BCUT2D eigenvalue weighted by molar-refractivity contribution is 5.89. The van der Waals surface area contributed by atoms with E-state index in [-0.39, 0.29) is 5.56 Å². The SMILES string of the molecule is Nc1cc(C(=O)O)cnc1N1CCCC2CCCCC21. The Morgan fingerprint density at radius 1 is 1.30 bits per heavy atom. The van der Waals surface area contributed by atoms with E-state index in [1.807, 2.05) is 0 Å². The quantitative estimate of drug-likeness (QED) is 0.867. The first-order valence-electron chi connectivity index (χ1n) is 7.42. The number of piperidine rings is 1. The van der Waals surface area contributed by atoms with Gasteiger partial charge in [-0.15, -0.1) is 0 Å². The summed E-state index contributed by atoms with van der Waals surface area (Å²) in [6.07, 6.45) is 8.99. The molecule has 1 aliphatic carbocycles. The fourth-order valence-corrected chi connectivity index (χ4v) is 3.72. The maximum absolute atomic E-state index is 11.0. The average Bonchev–Trinajstić information content (AvgIpc) is 2.46. The van der Waals surface area contributed by atoms with Gasteiger partial charge in [0.25, 0.3) is 0 Å². The van der Waals surface area contributed by atoms with Gasteiger partial charge in [-0.2, -0.15) is 0 Å². The first kappa shape index (κ1) is 13.2. The molecule has 2 aliphatic rings. The number of anilines is 2. The average molecular weight is 275 g/mol. The highest BCUT2D eigenvalue weighted by Crippen LogP contribution is 2.38. The summed E-state index contributed by atoms with van der Waals surface area (Å²) in [5, 5.41) is 8.99. The lowest BCUT2D eigenvalue weighted by molar-refractivity contribution is 0.0696. The third kappa shape index (κ3) is 2.32. The number of carboxylic acid groups (broad SMARTS) is 1. The molecule has 0 radical (unpaired) electrons. The summed E-state index contributed by atoms with van der Waals surface area (Å²) in [5.74, 6) is 0.536. The summed E-state index contributed by atoms with van der Waals surface area (Å²) in [7, 11) is 0. The normalized spacial score (nSPS) is 26.1. The van der Waals surface area contributed by atoms with E-state index in [2.05, 4.69) is 9.88 Å². The molecule has 3 rings (SSSR count). The fraction of sp³-hybridized carbons (Fsp3) is 0.600. The van der Waals surface area contributed by atoms with E-state index in [0.29, 0.717) is 11.7 Å². The number of nitrogens with zero attached hydrogens (tertiary/aromatic N) is 2. The lowest BCUT2D eigenvalue weighted by Crippen LogP contribution is -2.47. The number of aromatic nitrogens is 1. The molecular formula is C15H21N3O2. The van der Waals surface area contributed by atoms with E-state index >= 15 is 0 Å². The van der Waals surface area contributed by atoms with Crippen molar-refractivity contribution in [3.05, 3.63) is 17.8 Å². The van der Waals surface area contributed by atoms with Gasteiger partial charge in [-0.25, -0.2) is 9.78 Å². The van der Waals surface area contributed by atoms with E-state index in [1.165, 1.54) is 50.8 Å². The van der Waals surface area contributed by atoms with Gasteiger partial charge in [-0.3, -0.25) is 0 Å². The van der Waals surface area contributed by atoms with Crippen molar-refractivity contribution in [1.82, 2.24) is 4.98 Å². The predicted octanol–water partition coefficient (Wildman–Crippen LogP) is 2.52. The Hall–Kier alpha value is -1.78.